The molecule has 0 spiro atoms. The molecule has 1 saturated heterocycles. The number of aryl methyl sites for hydroxylation is 1. The number of ether oxygens (including phenoxy) is 1. The Morgan fingerprint density at radius 3 is 3.09 bits per heavy atom. The smallest absolute Gasteiger partial charge is 0.244 e. The molecule has 0 aliphatic carbocycles. The number of hydrogen-bond donors (Lipinski definition) is 2. The Balaban J connectivity index is 1.65. The molecule has 22 heavy (non-hydrogen) atoms. The lowest BCUT2D eigenvalue weighted by Gasteiger charge is -2.12. The van der Waals surface area contributed by atoms with Gasteiger partial charge in [0.1, 0.15) is 0 Å². The number of rotatable bonds is 5. The van der Waals surface area contributed by atoms with E-state index in [2.05, 4.69) is 41.7 Å². The molecule has 1 unspecified atom stereocenters. The summed E-state index contributed by atoms with van der Waals surface area (Å²) >= 11 is 3.46. The van der Waals surface area contributed by atoms with Gasteiger partial charge in [0.05, 0.1) is 12.3 Å². The quantitative estimate of drug-likeness (QED) is 0.849. The second kappa shape index (κ2) is 7.02. The number of benzene rings is 1. The van der Waals surface area contributed by atoms with Crippen molar-refractivity contribution in [2.24, 2.45) is 0 Å². The molecule has 0 bridgehead atoms. The van der Waals surface area contributed by atoms with E-state index in [1.807, 2.05) is 25.1 Å². The Bertz CT molecular complexity index is 646. The maximum Gasteiger partial charge on any atom is 0.244 e. The lowest BCUT2D eigenvalue weighted by atomic mass is 10.2. The Morgan fingerprint density at radius 1 is 1.41 bits per heavy atom. The van der Waals surface area contributed by atoms with E-state index in [0.29, 0.717) is 18.3 Å². The highest BCUT2D eigenvalue weighted by atomic mass is 79.9. The van der Waals surface area contributed by atoms with Gasteiger partial charge in [-0.2, -0.15) is 10.1 Å². The summed E-state index contributed by atoms with van der Waals surface area (Å²) in [4.78, 5) is 4.43. The summed E-state index contributed by atoms with van der Waals surface area (Å²) < 4.78 is 6.62. The van der Waals surface area contributed by atoms with Gasteiger partial charge in [0.25, 0.3) is 0 Å². The van der Waals surface area contributed by atoms with Crippen LogP contribution in [0.5, 0.6) is 0 Å². The number of halogens is 1. The number of hydrogen-bond acceptors (Lipinski definition) is 6. The molecule has 3 rings (SSSR count). The molecule has 0 radical (unpaired) electrons. The lowest BCUT2D eigenvalue weighted by Crippen LogP contribution is -2.20. The Morgan fingerprint density at radius 2 is 2.32 bits per heavy atom. The highest BCUT2D eigenvalue weighted by Crippen LogP contribution is 2.23. The van der Waals surface area contributed by atoms with Crippen LogP contribution in [0.15, 0.2) is 28.9 Å². The normalized spacial score (nSPS) is 17.5. The van der Waals surface area contributed by atoms with Gasteiger partial charge >= 0.3 is 0 Å². The van der Waals surface area contributed by atoms with Crippen LogP contribution < -0.4 is 10.6 Å². The minimum absolute atomic E-state index is 0.244. The second-order valence-corrected chi connectivity index (χ2v) is 6.18. The SMILES string of the molecule is Cc1cc(Br)ccc1Nc1cnnc(NCC2CCCO2)n1. The minimum atomic E-state index is 0.244. The van der Waals surface area contributed by atoms with Crippen molar-refractivity contribution in [2.75, 3.05) is 23.8 Å². The zero-order valence-electron chi connectivity index (χ0n) is 12.3. The van der Waals surface area contributed by atoms with Crippen LogP contribution in [0.25, 0.3) is 0 Å². The monoisotopic (exact) mass is 363 g/mol. The summed E-state index contributed by atoms with van der Waals surface area (Å²) in [5, 5.41) is 14.4. The van der Waals surface area contributed by atoms with Crippen LogP contribution in [0.4, 0.5) is 17.5 Å². The van der Waals surface area contributed by atoms with E-state index < -0.39 is 0 Å². The number of anilines is 3. The summed E-state index contributed by atoms with van der Waals surface area (Å²) in [5.41, 5.74) is 2.12. The highest BCUT2D eigenvalue weighted by Gasteiger charge is 2.15. The average molecular weight is 364 g/mol. The predicted octanol–water partition coefficient (Wildman–Crippen LogP) is 3.28. The van der Waals surface area contributed by atoms with Crippen molar-refractivity contribution in [1.29, 1.82) is 0 Å². The molecule has 2 aromatic rings. The van der Waals surface area contributed by atoms with Crippen molar-refractivity contribution in [3.05, 3.63) is 34.4 Å². The van der Waals surface area contributed by atoms with Crippen molar-refractivity contribution < 1.29 is 4.74 Å². The largest absolute Gasteiger partial charge is 0.376 e. The van der Waals surface area contributed by atoms with Crippen LogP contribution in [-0.4, -0.2) is 34.4 Å². The summed E-state index contributed by atoms with van der Waals surface area (Å²) in [6.07, 6.45) is 4.05. The van der Waals surface area contributed by atoms with E-state index in [-0.39, 0.29) is 6.10 Å². The van der Waals surface area contributed by atoms with Crippen molar-refractivity contribution in [3.63, 3.8) is 0 Å². The molecular weight excluding hydrogens is 346 g/mol. The molecule has 1 aromatic carbocycles. The van der Waals surface area contributed by atoms with Gasteiger partial charge in [-0.3, -0.25) is 0 Å². The summed E-state index contributed by atoms with van der Waals surface area (Å²) in [6, 6.07) is 6.04. The number of aromatic nitrogens is 3. The van der Waals surface area contributed by atoms with Crippen molar-refractivity contribution in [1.82, 2.24) is 15.2 Å². The third kappa shape index (κ3) is 3.92. The van der Waals surface area contributed by atoms with Crippen LogP contribution in [0.2, 0.25) is 0 Å². The first-order valence-corrected chi connectivity index (χ1v) is 8.08. The summed E-state index contributed by atoms with van der Waals surface area (Å²) in [5.74, 6) is 1.17. The molecule has 7 heteroatoms. The summed E-state index contributed by atoms with van der Waals surface area (Å²) in [7, 11) is 0. The number of nitrogens with one attached hydrogen (secondary N) is 2. The fraction of sp³-hybridized carbons (Fsp3) is 0.400. The zero-order chi connectivity index (χ0) is 15.4. The molecule has 0 saturated carbocycles. The average Bonchev–Trinajstić information content (AvgIpc) is 3.02. The lowest BCUT2D eigenvalue weighted by molar-refractivity contribution is 0.120. The molecule has 1 aromatic heterocycles. The fourth-order valence-corrected chi connectivity index (χ4v) is 2.83. The Labute approximate surface area is 137 Å². The first kappa shape index (κ1) is 15.2. The molecule has 6 nitrogen and oxygen atoms in total. The van der Waals surface area contributed by atoms with Crippen molar-refractivity contribution in [2.45, 2.75) is 25.9 Å². The summed E-state index contributed by atoms with van der Waals surface area (Å²) in [6.45, 7) is 3.59. The van der Waals surface area contributed by atoms with E-state index in [9.17, 15) is 0 Å². The molecule has 1 aliphatic rings. The van der Waals surface area contributed by atoms with Gasteiger partial charge in [0.2, 0.25) is 5.95 Å². The van der Waals surface area contributed by atoms with E-state index in [1.54, 1.807) is 6.20 Å². The molecule has 0 amide bonds. The maximum atomic E-state index is 5.57. The van der Waals surface area contributed by atoms with Gasteiger partial charge in [0, 0.05) is 23.3 Å². The van der Waals surface area contributed by atoms with Crippen molar-refractivity contribution in [3.8, 4) is 0 Å². The van der Waals surface area contributed by atoms with Crippen LogP contribution in [0.3, 0.4) is 0 Å². The first-order chi connectivity index (χ1) is 10.7. The predicted molar refractivity (Wildman–Crippen MR) is 89.5 cm³/mol. The van der Waals surface area contributed by atoms with E-state index in [0.717, 1.165) is 35.2 Å². The molecule has 1 fully saturated rings. The zero-order valence-corrected chi connectivity index (χ0v) is 13.9. The van der Waals surface area contributed by atoms with Gasteiger partial charge in [-0.25, -0.2) is 0 Å². The Hall–Kier alpha value is -1.73. The van der Waals surface area contributed by atoms with Gasteiger partial charge in [-0.1, -0.05) is 15.9 Å². The molecule has 1 aliphatic heterocycles. The third-order valence-corrected chi connectivity index (χ3v) is 4.02. The van der Waals surface area contributed by atoms with Crippen LogP contribution in [-0.2, 0) is 4.74 Å². The van der Waals surface area contributed by atoms with Gasteiger partial charge < -0.3 is 15.4 Å². The van der Waals surface area contributed by atoms with Crippen LogP contribution >= 0.6 is 15.9 Å². The Kier molecular flexibility index (Phi) is 4.84. The van der Waals surface area contributed by atoms with Gasteiger partial charge in [0.15, 0.2) is 5.82 Å². The molecule has 1 atom stereocenters. The molecular formula is C15H18BrN5O. The van der Waals surface area contributed by atoms with Crippen LogP contribution in [0.1, 0.15) is 18.4 Å². The van der Waals surface area contributed by atoms with Gasteiger partial charge in [-0.15, -0.1) is 5.10 Å². The van der Waals surface area contributed by atoms with E-state index in [1.165, 1.54) is 0 Å². The fourth-order valence-electron chi connectivity index (χ4n) is 2.35. The second-order valence-electron chi connectivity index (χ2n) is 5.27. The highest BCUT2D eigenvalue weighted by molar-refractivity contribution is 9.10. The van der Waals surface area contributed by atoms with E-state index >= 15 is 0 Å². The first-order valence-electron chi connectivity index (χ1n) is 7.29. The maximum absolute atomic E-state index is 5.57. The standard InChI is InChI=1S/C15H18BrN5O/c1-10-7-11(16)4-5-13(10)19-14-9-18-21-15(20-14)17-8-12-3-2-6-22-12/h4-5,7,9,12H,2-3,6,8H2,1H3,(H2,17,19,20,21). The van der Waals surface area contributed by atoms with Crippen molar-refractivity contribution >= 4 is 33.4 Å². The molecule has 2 N–H and O–H groups in total. The topological polar surface area (TPSA) is 72.0 Å². The molecule has 116 valence electrons. The van der Waals surface area contributed by atoms with Gasteiger partial charge in [-0.05, 0) is 43.5 Å². The van der Waals surface area contributed by atoms with E-state index in [4.69, 9.17) is 4.74 Å². The number of nitrogens with zero attached hydrogens (tertiary/aromatic N) is 3. The van der Waals surface area contributed by atoms with Crippen LogP contribution in [0, 0.1) is 6.92 Å². The minimum Gasteiger partial charge on any atom is -0.376 e. The third-order valence-electron chi connectivity index (χ3n) is 3.52. The molecule has 2 heterocycles.